The first-order valence-electron chi connectivity index (χ1n) is 11.8. The summed E-state index contributed by atoms with van der Waals surface area (Å²) in [5.74, 6) is 0.921. The van der Waals surface area contributed by atoms with Gasteiger partial charge in [0.25, 0.3) is 0 Å². The molecule has 2 fully saturated rings. The number of benzene rings is 1. The number of nitriles is 1. The predicted molar refractivity (Wildman–Crippen MR) is 123 cm³/mol. The van der Waals surface area contributed by atoms with Crippen LogP contribution in [0.1, 0.15) is 62.5 Å². The molecule has 1 aromatic rings. The Hall–Kier alpha value is -2.06. The molecule has 1 heterocycles. The van der Waals surface area contributed by atoms with Gasteiger partial charge in [-0.2, -0.15) is 5.26 Å². The molecular weight excluding hydrogens is 372 g/mol. The van der Waals surface area contributed by atoms with Gasteiger partial charge in [-0.15, -0.1) is 0 Å². The maximum absolute atomic E-state index is 11.9. The molecule has 0 bridgehead atoms. The van der Waals surface area contributed by atoms with Crippen LogP contribution in [0.5, 0.6) is 0 Å². The number of hydrogen-bond donors (Lipinski definition) is 1. The molecule has 1 saturated carbocycles. The third-order valence-corrected chi connectivity index (χ3v) is 6.99. The summed E-state index contributed by atoms with van der Waals surface area (Å²) in [5.41, 5.74) is 4.11. The van der Waals surface area contributed by atoms with E-state index < -0.39 is 0 Å². The van der Waals surface area contributed by atoms with Crippen molar-refractivity contribution in [3.05, 3.63) is 29.3 Å². The first kappa shape index (κ1) is 22.6. The van der Waals surface area contributed by atoms with Gasteiger partial charge in [-0.25, -0.2) is 0 Å². The van der Waals surface area contributed by atoms with E-state index >= 15 is 0 Å². The Bertz CT molecular complexity index is 725. The monoisotopic (exact) mass is 410 g/mol. The summed E-state index contributed by atoms with van der Waals surface area (Å²) in [5, 5.41) is 11.7. The largest absolute Gasteiger partial charge is 0.369 e. The Morgan fingerprint density at radius 1 is 1.10 bits per heavy atom. The molecule has 0 spiro atoms. The Kier molecular flexibility index (Phi) is 8.57. The zero-order valence-electron chi connectivity index (χ0n) is 18.8. The van der Waals surface area contributed by atoms with E-state index in [2.05, 4.69) is 53.2 Å². The van der Waals surface area contributed by atoms with Crippen LogP contribution in [0.3, 0.4) is 0 Å². The molecule has 0 atom stereocenters. The normalized spacial score (nSPS) is 22.5. The lowest BCUT2D eigenvalue weighted by molar-refractivity contribution is -0.122. The zero-order chi connectivity index (χ0) is 21.3. The second kappa shape index (κ2) is 11.4. The van der Waals surface area contributed by atoms with Gasteiger partial charge in [0, 0.05) is 50.7 Å². The van der Waals surface area contributed by atoms with Crippen LogP contribution in [0.25, 0.3) is 0 Å². The Morgan fingerprint density at radius 2 is 1.83 bits per heavy atom. The molecule has 1 N–H and O–H groups in total. The van der Waals surface area contributed by atoms with Gasteiger partial charge in [-0.3, -0.25) is 9.69 Å². The second-order valence-corrected chi connectivity index (χ2v) is 9.18. The summed E-state index contributed by atoms with van der Waals surface area (Å²) < 4.78 is 0. The van der Waals surface area contributed by atoms with Crippen LogP contribution in [-0.4, -0.2) is 49.6 Å². The van der Waals surface area contributed by atoms with Crippen molar-refractivity contribution in [1.82, 2.24) is 10.2 Å². The summed E-state index contributed by atoms with van der Waals surface area (Å²) in [6, 6.07) is 9.27. The lowest BCUT2D eigenvalue weighted by atomic mass is 9.84. The smallest absolute Gasteiger partial charge is 0.220 e. The van der Waals surface area contributed by atoms with Crippen molar-refractivity contribution in [2.45, 2.75) is 71.3 Å². The van der Waals surface area contributed by atoms with Crippen LogP contribution in [0.15, 0.2) is 18.2 Å². The minimum absolute atomic E-state index is 0.121. The molecule has 3 rings (SSSR count). The van der Waals surface area contributed by atoms with Crippen molar-refractivity contribution in [3.63, 3.8) is 0 Å². The molecule has 2 aliphatic rings. The number of piperazine rings is 1. The topological polar surface area (TPSA) is 59.4 Å². The van der Waals surface area contributed by atoms with Crippen molar-refractivity contribution in [1.29, 1.82) is 5.26 Å². The minimum Gasteiger partial charge on any atom is -0.369 e. The van der Waals surface area contributed by atoms with E-state index in [9.17, 15) is 4.79 Å². The van der Waals surface area contributed by atoms with Crippen LogP contribution in [0.4, 0.5) is 5.69 Å². The number of unbranched alkanes of at least 4 members (excludes halogenated alkanes) is 1. The summed E-state index contributed by atoms with van der Waals surface area (Å²) in [6.45, 7) is 10.1. The van der Waals surface area contributed by atoms with E-state index in [1.165, 1.54) is 42.6 Å². The molecule has 1 aliphatic carbocycles. The fourth-order valence-corrected chi connectivity index (χ4v) is 4.74. The van der Waals surface area contributed by atoms with Crippen molar-refractivity contribution >= 4 is 11.6 Å². The number of rotatable bonds is 8. The third kappa shape index (κ3) is 6.74. The average Bonchev–Trinajstić information content (AvgIpc) is 2.76. The second-order valence-electron chi connectivity index (χ2n) is 9.18. The van der Waals surface area contributed by atoms with Crippen LogP contribution in [0, 0.1) is 31.1 Å². The maximum atomic E-state index is 11.9. The fraction of sp³-hybridized carbons (Fsp3) is 0.680. The lowest BCUT2D eigenvalue weighted by Gasteiger charge is -2.37. The van der Waals surface area contributed by atoms with Crippen LogP contribution in [-0.2, 0) is 4.79 Å². The van der Waals surface area contributed by atoms with Gasteiger partial charge in [0.1, 0.15) is 0 Å². The number of aryl methyl sites for hydroxylation is 2. The van der Waals surface area contributed by atoms with Gasteiger partial charge in [0.2, 0.25) is 5.91 Å². The molecule has 30 heavy (non-hydrogen) atoms. The molecule has 0 unspecified atom stereocenters. The highest BCUT2D eigenvalue weighted by Crippen LogP contribution is 2.27. The molecule has 5 heteroatoms. The first-order valence-corrected chi connectivity index (χ1v) is 11.8. The van der Waals surface area contributed by atoms with Gasteiger partial charge < -0.3 is 10.2 Å². The fourth-order valence-electron chi connectivity index (χ4n) is 4.74. The SMILES string of the molecule is Cc1ccc(N2CCN(CCC3CCC(NC(=O)CCCC#N)CC3)CC2)cc1C. The lowest BCUT2D eigenvalue weighted by Crippen LogP contribution is -2.47. The number of hydrogen-bond acceptors (Lipinski definition) is 4. The van der Waals surface area contributed by atoms with Crippen molar-refractivity contribution in [2.75, 3.05) is 37.6 Å². The van der Waals surface area contributed by atoms with Gasteiger partial charge in [-0.1, -0.05) is 6.07 Å². The average molecular weight is 411 g/mol. The Morgan fingerprint density at radius 3 is 2.50 bits per heavy atom. The van der Waals surface area contributed by atoms with E-state index in [0.29, 0.717) is 25.3 Å². The summed E-state index contributed by atoms with van der Waals surface area (Å²) in [6.07, 6.45) is 7.59. The van der Waals surface area contributed by atoms with E-state index in [1.54, 1.807) is 0 Å². The maximum Gasteiger partial charge on any atom is 0.220 e. The van der Waals surface area contributed by atoms with E-state index in [-0.39, 0.29) is 5.91 Å². The van der Waals surface area contributed by atoms with Crippen LogP contribution < -0.4 is 10.2 Å². The molecule has 1 aliphatic heterocycles. The van der Waals surface area contributed by atoms with E-state index in [1.807, 2.05) is 0 Å². The number of nitrogens with zero attached hydrogens (tertiary/aromatic N) is 3. The van der Waals surface area contributed by atoms with Gasteiger partial charge in [0.15, 0.2) is 0 Å². The molecule has 1 amide bonds. The molecule has 0 radical (unpaired) electrons. The number of amides is 1. The van der Waals surface area contributed by atoms with Crippen molar-refractivity contribution in [2.24, 2.45) is 5.92 Å². The highest BCUT2D eigenvalue weighted by molar-refractivity contribution is 5.76. The van der Waals surface area contributed by atoms with Gasteiger partial charge in [-0.05, 0) is 88.1 Å². The Labute approximate surface area is 182 Å². The molecular formula is C25H38N4O. The molecule has 1 aromatic carbocycles. The highest BCUT2D eigenvalue weighted by Gasteiger charge is 2.24. The third-order valence-electron chi connectivity index (χ3n) is 6.99. The zero-order valence-corrected chi connectivity index (χ0v) is 18.8. The van der Waals surface area contributed by atoms with Crippen molar-refractivity contribution in [3.8, 4) is 6.07 Å². The molecule has 164 valence electrons. The molecule has 1 saturated heterocycles. The summed E-state index contributed by atoms with van der Waals surface area (Å²) in [7, 11) is 0. The van der Waals surface area contributed by atoms with E-state index in [0.717, 1.165) is 44.9 Å². The minimum atomic E-state index is 0.121. The van der Waals surface area contributed by atoms with E-state index in [4.69, 9.17) is 5.26 Å². The summed E-state index contributed by atoms with van der Waals surface area (Å²) in [4.78, 5) is 17.1. The number of nitrogens with one attached hydrogen (secondary N) is 1. The number of carbonyl (C=O) groups excluding carboxylic acids is 1. The van der Waals surface area contributed by atoms with Crippen molar-refractivity contribution < 1.29 is 4.79 Å². The van der Waals surface area contributed by atoms with Crippen LogP contribution in [0.2, 0.25) is 0 Å². The van der Waals surface area contributed by atoms with Crippen LogP contribution >= 0.6 is 0 Å². The standard InChI is InChI=1S/C25H38N4O/c1-20-6-11-24(19-21(20)2)29-17-15-28(16-18-29)14-12-22-7-9-23(10-8-22)27-25(30)5-3-4-13-26/h6,11,19,22-23H,3-5,7-10,12,14-18H2,1-2H3,(H,27,30). The molecule has 5 nitrogen and oxygen atoms in total. The van der Waals surface area contributed by atoms with Gasteiger partial charge in [0.05, 0.1) is 6.07 Å². The highest BCUT2D eigenvalue weighted by atomic mass is 16.1. The number of anilines is 1. The van der Waals surface area contributed by atoms with Gasteiger partial charge >= 0.3 is 0 Å². The quantitative estimate of drug-likeness (QED) is 0.653. The Balaban J connectivity index is 1.30. The number of carbonyl (C=O) groups is 1. The first-order chi connectivity index (χ1) is 14.5. The predicted octanol–water partition coefficient (Wildman–Crippen LogP) is 4.18. The summed E-state index contributed by atoms with van der Waals surface area (Å²) >= 11 is 0. The molecule has 0 aromatic heterocycles.